The molecule has 0 saturated heterocycles. The molecule has 4 rings (SSSR count). The molecule has 4 nitrogen and oxygen atoms in total. The minimum absolute atomic E-state index is 0.369. The molecule has 0 saturated carbocycles. The highest BCUT2D eigenvalue weighted by atomic mass is 35.5. The zero-order chi connectivity index (χ0) is 18.1. The van der Waals surface area contributed by atoms with Gasteiger partial charge in [0.15, 0.2) is 0 Å². The van der Waals surface area contributed by atoms with Crippen molar-refractivity contribution in [2.24, 2.45) is 0 Å². The smallest absolute Gasteiger partial charge is 0.147 e. The van der Waals surface area contributed by atoms with E-state index in [0.29, 0.717) is 22.4 Å². The third-order valence-electron chi connectivity index (χ3n) is 3.99. The fourth-order valence-corrected chi connectivity index (χ4v) is 2.98. The minimum atomic E-state index is 0.369. The standard InChI is InChI=1S/C20H15Cl2N3O/c1-13-6-9-20(26-12-14-7-8-15(21)16(22)11-14)19(10-13)25-23-17-4-2-3-5-18(17)24-25/h2-11H,12H2,1H3. The van der Waals surface area contributed by atoms with Crippen LogP contribution in [0.3, 0.4) is 0 Å². The van der Waals surface area contributed by atoms with Gasteiger partial charge in [0, 0.05) is 0 Å². The van der Waals surface area contributed by atoms with Crippen LogP contribution in [0.15, 0.2) is 60.7 Å². The number of rotatable bonds is 4. The second-order valence-electron chi connectivity index (χ2n) is 5.99. The number of hydrogen-bond donors (Lipinski definition) is 0. The van der Waals surface area contributed by atoms with Crippen molar-refractivity contribution in [3.05, 3.63) is 81.8 Å². The predicted octanol–water partition coefficient (Wildman–Crippen LogP) is 5.61. The molecule has 1 heterocycles. The SMILES string of the molecule is Cc1ccc(OCc2ccc(Cl)c(Cl)c2)c(-n2nc3ccccc3n2)c1. The van der Waals surface area contributed by atoms with E-state index in [1.54, 1.807) is 16.9 Å². The van der Waals surface area contributed by atoms with Crippen LogP contribution in [-0.2, 0) is 6.61 Å². The maximum atomic E-state index is 6.08. The van der Waals surface area contributed by atoms with Gasteiger partial charge in [-0.25, -0.2) is 0 Å². The van der Waals surface area contributed by atoms with Gasteiger partial charge in [0.2, 0.25) is 0 Å². The van der Waals surface area contributed by atoms with Crippen molar-refractivity contribution in [2.75, 3.05) is 0 Å². The summed E-state index contributed by atoms with van der Waals surface area (Å²) >= 11 is 12.0. The molecule has 6 heteroatoms. The van der Waals surface area contributed by atoms with Crippen LogP contribution < -0.4 is 4.74 Å². The largest absolute Gasteiger partial charge is 0.487 e. The van der Waals surface area contributed by atoms with E-state index in [9.17, 15) is 0 Å². The fraction of sp³-hybridized carbons (Fsp3) is 0.100. The van der Waals surface area contributed by atoms with Crippen LogP contribution in [0.2, 0.25) is 10.0 Å². The van der Waals surface area contributed by atoms with Gasteiger partial charge in [0.1, 0.15) is 29.1 Å². The lowest BCUT2D eigenvalue weighted by atomic mass is 10.2. The van der Waals surface area contributed by atoms with Crippen LogP contribution in [-0.4, -0.2) is 15.0 Å². The van der Waals surface area contributed by atoms with E-state index in [0.717, 1.165) is 27.8 Å². The fourth-order valence-electron chi connectivity index (χ4n) is 2.66. The van der Waals surface area contributed by atoms with Crippen LogP contribution in [0.25, 0.3) is 16.7 Å². The van der Waals surface area contributed by atoms with Crippen molar-refractivity contribution in [1.82, 2.24) is 15.0 Å². The molecule has 0 aliphatic heterocycles. The third-order valence-corrected chi connectivity index (χ3v) is 4.73. The maximum Gasteiger partial charge on any atom is 0.147 e. The Hall–Kier alpha value is -2.56. The van der Waals surface area contributed by atoms with Gasteiger partial charge in [-0.3, -0.25) is 0 Å². The highest BCUT2D eigenvalue weighted by molar-refractivity contribution is 6.42. The molecule has 0 amide bonds. The summed E-state index contributed by atoms with van der Waals surface area (Å²) in [7, 11) is 0. The molecule has 0 fully saturated rings. The van der Waals surface area contributed by atoms with E-state index < -0.39 is 0 Å². The molecular formula is C20H15Cl2N3O. The first kappa shape index (κ1) is 16.9. The number of nitrogens with zero attached hydrogens (tertiary/aromatic N) is 3. The maximum absolute atomic E-state index is 6.08. The first-order chi connectivity index (χ1) is 12.6. The lowest BCUT2D eigenvalue weighted by Crippen LogP contribution is -2.04. The highest BCUT2D eigenvalue weighted by Crippen LogP contribution is 2.27. The van der Waals surface area contributed by atoms with Gasteiger partial charge in [-0.2, -0.15) is 0 Å². The van der Waals surface area contributed by atoms with E-state index in [-0.39, 0.29) is 0 Å². The Kier molecular flexibility index (Phi) is 4.53. The van der Waals surface area contributed by atoms with Crippen LogP contribution in [0, 0.1) is 6.92 Å². The molecule has 0 atom stereocenters. The van der Waals surface area contributed by atoms with Gasteiger partial charge >= 0.3 is 0 Å². The molecule has 26 heavy (non-hydrogen) atoms. The monoisotopic (exact) mass is 383 g/mol. The molecule has 0 spiro atoms. The van der Waals surface area contributed by atoms with Crippen molar-refractivity contribution in [3.8, 4) is 11.4 Å². The molecule has 0 N–H and O–H groups in total. The first-order valence-corrected chi connectivity index (χ1v) is 8.85. The molecule has 0 radical (unpaired) electrons. The average Bonchev–Trinajstić information content (AvgIpc) is 3.07. The number of halogens is 2. The van der Waals surface area contributed by atoms with Gasteiger partial charge in [-0.1, -0.05) is 47.5 Å². The molecular weight excluding hydrogens is 369 g/mol. The summed E-state index contributed by atoms with van der Waals surface area (Å²) in [5.74, 6) is 0.696. The minimum Gasteiger partial charge on any atom is -0.487 e. The van der Waals surface area contributed by atoms with Gasteiger partial charge in [-0.05, 0) is 54.4 Å². The summed E-state index contributed by atoms with van der Waals surface area (Å²) in [4.78, 5) is 1.61. The molecule has 0 bridgehead atoms. The van der Waals surface area contributed by atoms with Crippen molar-refractivity contribution in [2.45, 2.75) is 13.5 Å². The number of aromatic nitrogens is 3. The summed E-state index contributed by atoms with van der Waals surface area (Å²) in [5.41, 5.74) is 4.50. The summed E-state index contributed by atoms with van der Waals surface area (Å²) in [6.07, 6.45) is 0. The van der Waals surface area contributed by atoms with Crippen LogP contribution in [0.4, 0.5) is 0 Å². The summed E-state index contributed by atoms with van der Waals surface area (Å²) in [6.45, 7) is 2.39. The Bertz CT molecular complexity index is 1060. The van der Waals surface area contributed by atoms with E-state index >= 15 is 0 Å². The lowest BCUT2D eigenvalue weighted by molar-refractivity contribution is 0.304. The number of fused-ring (bicyclic) bond motifs is 1. The first-order valence-electron chi connectivity index (χ1n) is 8.10. The second-order valence-corrected chi connectivity index (χ2v) is 6.80. The van der Waals surface area contributed by atoms with Gasteiger partial charge < -0.3 is 4.74 Å². The van der Waals surface area contributed by atoms with Crippen molar-refractivity contribution < 1.29 is 4.74 Å². The molecule has 4 aromatic rings. The van der Waals surface area contributed by atoms with E-state index in [1.165, 1.54) is 0 Å². The Morgan fingerprint density at radius 3 is 2.31 bits per heavy atom. The second kappa shape index (κ2) is 6.98. The highest BCUT2D eigenvalue weighted by Gasteiger charge is 2.11. The van der Waals surface area contributed by atoms with Gasteiger partial charge in [0.25, 0.3) is 0 Å². The average molecular weight is 384 g/mol. The van der Waals surface area contributed by atoms with Crippen molar-refractivity contribution in [3.63, 3.8) is 0 Å². The zero-order valence-corrected chi connectivity index (χ0v) is 15.5. The Balaban J connectivity index is 1.67. The normalized spacial score (nSPS) is 11.0. The number of aryl methyl sites for hydroxylation is 1. The van der Waals surface area contributed by atoms with Gasteiger partial charge in [-0.15, -0.1) is 15.0 Å². The lowest BCUT2D eigenvalue weighted by Gasteiger charge is -2.12. The zero-order valence-electron chi connectivity index (χ0n) is 14.0. The molecule has 0 unspecified atom stereocenters. The Morgan fingerprint density at radius 1 is 0.885 bits per heavy atom. The summed E-state index contributed by atoms with van der Waals surface area (Å²) < 4.78 is 6.02. The molecule has 130 valence electrons. The van der Waals surface area contributed by atoms with Gasteiger partial charge in [0.05, 0.1) is 10.0 Å². The number of benzene rings is 3. The van der Waals surface area contributed by atoms with Crippen molar-refractivity contribution in [1.29, 1.82) is 0 Å². The Labute approximate surface area is 160 Å². The van der Waals surface area contributed by atoms with E-state index in [1.807, 2.05) is 55.5 Å². The molecule has 3 aromatic carbocycles. The van der Waals surface area contributed by atoms with Crippen molar-refractivity contribution >= 4 is 34.2 Å². The summed E-state index contributed by atoms with van der Waals surface area (Å²) in [6, 6.07) is 19.1. The van der Waals surface area contributed by atoms with Crippen LogP contribution >= 0.6 is 23.2 Å². The summed E-state index contributed by atoms with van der Waals surface area (Å²) in [5, 5.41) is 10.1. The topological polar surface area (TPSA) is 39.9 Å². The van der Waals surface area contributed by atoms with E-state index in [4.69, 9.17) is 27.9 Å². The van der Waals surface area contributed by atoms with Crippen LogP contribution in [0.5, 0.6) is 5.75 Å². The van der Waals surface area contributed by atoms with E-state index in [2.05, 4.69) is 10.2 Å². The Morgan fingerprint density at radius 2 is 1.62 bits per heavy atom. The predicted molar refractivity (Wildman–Crippen MR) is 104 cm³/mol. The number of hydrogen-bond acceptors (Lipinski definition) is 3. The number of ether oxygens (including phenoxy) is 1. The molecule has 0 aliphatic rings. The third kappa shape index (κ3) is 3.39. The molecule has 0 aliphatic carbocycles. The quantitative estimate of drug-likeness (QED) is 0.459. The van der Waals surface area contributed by atoms with Crippen LogP contribution in [0.1, 0.15) is 11.1 Å². The molecule has 1 aromatic heterocycles.